The first-order chi connectivity index (χ1) is 8.71. The van der Waals surface area contributed by atoms with Crippen LogP contribution in [0.3, 0.4) is 0 Å². The molecule has 0 fully saturated rings. The van der Waals surface area contributed by atoms with Gasteiger partial charge < -0.3 is 0 Å². The summed E-state index contributed by atoms with van der Waals surface area (Å²) in [6.07, 6.45) is 1.23. The Hall–Kier alpha value is -1.13. The minimum absolute atomic E-state index is 0.687. The van der Waals surface area contributed by atoms with Gasteiger partial charge in [-0.15, -0.1) is 0 Å². The number of benzene rings is 2. The van der Waals surface area contributed by atoms with Crippen LogP contribution in [-0.2, 0) is 0 Å². The van der Waals surface area contributed by atoms with Gasteiger partial charge in [0.25, 0.3) is 0 Å². The van der Waals surface area contributed by atoms with Crippen molar-refractivity contribution in [3.8, 4) is 0 Å². The van der Waals surface area contributed by atoms with E-state index in [4.69, 9.17) is 0 Å². The van der Waals surface area contributed by atoms with Crippen LogP contribution in [0.4, 0.5) is 0 Å². The van der Waals surface area contributed by atoms with E-state index in [1.54, 1.807) is 0 Å². The average Bonchev–Trinajstić information content (AvgIpc) is 2.42. The summed E-state index contributed by atoms with van der Waals surface area (Å²) in [5.74, 6) is 0. The second kappa shape index (κ2) is 5.67. The molecule has 0 saturated carbocycles. The summed E-state index contributed by atoms with van der Waals surface area (Å²) in [7, 11) is -1.25. The minimum Gasteiger partial charge on any atom is -0.0620 e. The van der Waals surface area contributed by atoms with E-state index in [-0.39, 0.29) is 0 Å². The van der Waals surface area contributed by atoms with E-state index in [1.807, 2.05) is 0 Å². The van der Waals surface area contributed by atoms with Gasteiger partial charge in [0, 0.05) is 0 Å². The van der Waals surface area contributed by atoms with Crippen LogP contribution < -0.4 is 10.6 Å². The van der Waals surface area contributed by atoms with Crippen molar-refractivity contribution < 1.29 is 0 Å². The SMILES string of the molecule is CC[P+](c1ccccc1)(c1ccccc1)C(C)C. The summed E-state index contributed by atoms with van der Waals surface area (Å²) < 4.78 is 0. The predicted molar refractivity (Wildman–Crippen MR) is 84.7 cm³/mol. The van der Waals surface area contributed by atoms with Crippen molar-refractivity contribution in [2.45, 2.75) is 26.4 Å². The van der Waals surface area contributed by atoms with Crippen molar-refractivity contribution in [3.63, 3.8) is 0 Å². The first-order valence-corrected chi connectivity index (χ1v) is 8.75. The summed E-state index contributed by atoms with van der Waals surface area (Å²) in [6, 6.07) is 22.1. The molecule has 94 valence electrons. The van der Waals surface area contributed by atoms with Crippen LogP contribution in [0.15, 0.2) is 60.7 Å². The fourth-order valence-electron chi connectivity index (χ4n) is 2.86. The Kier molecular flexibility index (Phi) is 4.19. The van der Waals surface area contributed by atoms with Crippen molar-refractivity contribution in [1.82, 2.24) is 0 Å². The number of rotatable bonds is 4. The molecule has 0 nitrogen and oxygen atoms in total. The first-order valence-electron chi connectivity index (χ1n) is 6.70. The van der Waals surface area contributed by atoms with Crippen LogP contribution in [-0.4, -0.2) is 11.8 Å². The third-order valence-corrected chi connectivity index (χ3v) is 9.01. The van der Waals surface area contributed by atoms with Crippen molar-refractivity contribution in [2.24, 2.45) is 0 Å². The molecule has 0 aliphatic carbocycles. The third-order valence-electron chi connectivity index (χ3n) is 3.81. The highest BCUT2D eigenvalue weighted by molar-refractivity contribution is 7.90. The number of hydrogen-bond acceptors (Lipinski definition) is 0. The van der Waals surface area contributed by atoms with Crippen LogP contribution in [0.25, 0.3) is 0 Å². The summed E-state index contributed by atoms with van der Waals surface area (Å²) in [4.78, 5) is 0. The molecule has 0 aliphatic rings. The Labute approximate surface area is 111 Å². The van der Waals surface area contributed by atoms with E-state index in [0.717, 1.165) is 0 Å². The topological polar surface area (TPSA) is 0 Å². The molecule has 2 aromatic carbocycles. The normalized spacial score (nSPS) is 11.8. The van der Waals surface area contributed by atoms with Gasteiger partial charge in [0.05, 0.1) is 29.7 Å². The molecule has 0 atom stereocenters. The zero-order valence-corrected chi connectivity index (χ0v) is 12.4. The Morgan fingerprint density at radius 1 is 0.778 bits per heavy atom. The molecule has 0 radical (unpaired) electrons. The van der Waals surface area contributed by atoms with Crippen LogP contribution in [0.2, 0.25) is 0 Å². The Morgan fingerprint density at radius 2 is 1.17 bits per heavy atom. The second-order valence-corrected chi connectivity index (χ2v) is 9.39. The summed E-state index contributed by atoms with van der Waals surface area (Å²) >= 11 is 0. The fourth-order valence-corrected chi connectivity index (χ4v) is 7.22. The lowest BCUT2D eigenvalue weighted by Gasteiger charge is -2.30. The Morgan fingerprint density at radius 3 is 1.44 bits per heavy atom. The maximum absolute atomic E-state index is 2.37. The molecule has 18 heavy (non-hydrogen) atoms. The molecule has 0 N–H and O–H groups in total. The van der Waals surface area contributed by atoms with Crippen molar-refractivity contribution in [1.29, 1.82) is 0 Å². The second-order valence-electron chi connectivity index (χ2n) is 4.95. The van der Waals surface area contributed by atoms with Gasteiger partial charge in [-0.3, -0.25) is 0 Å². The Balaban J connectivity index is 2.61. The first kappa shape index (κ1) is 13.3. The summed E-state index contributed by atoms with van der Waals surface area (Å²) in [5.41, 5.74) is 0.687. The molecule has 2 aromatic rings. The monoisotopic (exact) mass is 257 g/mol. The highest BCUT2D eigenvalue weighted by Crippen LogP contribution is 2.60. The highest BCUT2D eigenvalue weighted by atomic mass is 31.2. The Bertz CT molecular complexity index is 434. The lowest BCUT2D eigenvalue weighted by atomic mass is 10.4. The molecule has 0 unspecified atom stereocenters. The van der Waals surface area contributed by atoms with E-state index >= 15 is 0 Å². The molecular formula is C17H22P+. The van der Waals surface area contributed by atoms with Gasteiger partial charge in [0.1, 0.15) is 0 Å². The third kappa shape index (κ3) is 2.22. The van der Waals surface area contributed by atoms with Gasteiger partial charge in [-0.05, 0) is 45.0 Å². The smallest absolute Gasteiger partial charge is 0.0620 e. The van der Waals surface area contributed by atoms with Crippen LogP contribution in [0.1, 0.15) is 20.8 Å². The highest BCUT2D eigenvalue weighted by Gasteiger charge is 2.43. The molecule has 1 heteroatoms. The molecule has 0 bridgehead atoms. The predicted octanol–water partition coefficient (Wildman–Crippen LogP) is 4.08. The summed E-state index contributed by atoms with van der Waals surface area (Å²) in [6.45, 7) is 7.09. The van der Waals surface area contributed by atoms with Crippen LogP contribution in [0.5, 0.6) is 0 Å². The van der Waals surface area contributed by atoms with Gasteiger partial charge in [0.2, 0.25) is 0 Å². The van der Waals surface area contributed by atoms with Gasteiger partial charge in [0.15, 0.2) is 0 Å². The van der Waals surface area contributed by atoms with Crippen LogP contribution in [0, 0.1) is 0 Å². The molecule has 0 amide bonds. The average molecular weight is 257 g/mol. The van der Waals surface area contributed by atoms with Gasteiger partial charge in [-0.25, -0.2) is 0 Å². The van der Waals surface area contributed by atoms with Gasteiger partial charge >= 0.3 is 0 Å². The standard InChI is InChI=1S/C17H22P/c1-4-18(15(2)3,16-11-7-5-8-12-16)17-13-9-6-10-14-17/h5-15H,4H2,1-3H3/q+1. The molecule has 0 heterocycles. The largest absolute Gasteiger partial charge is 0.0994 e. The van der Waals surface area contributed by atoms with Gasteiger partial charge in [-0.2, -0.15) is 0 Å². The molecule has 0 aliphatic heterocycles. The fraction of sp³-hybridized carbons (Fsp3) is 0.294. The number of hydrogen-bond donors (Lipinski definition) is 0. The van der Waals surface area contributed by atoms with Crippen LogP contribution >= 0.6 is 7.26 Å². The molecule has 0 aromatic heterocycles. The van der Waals surface area contributed by atoms with Crippen molar-refractivity contribution in [3.05, 3.63) is 60.7 Å². The van der Waals surface area contributed by atoms with E-state index in [0.29, 0.717) is 5.66 Å². The van der Waals surface area contributed by atoms with Crippen molar-refractivity contribution in [2.75, 3.05) is 6.16 Å². The lowest BCUT2D eigenvalue weighted by molar-refractivity contribution is 1.08. The summed E-state index contributed by atoms with van der Waals surface area (Å²) in [5, 5.41) is 3.07. The van der Waals surface area contributed by atoms with Crippen molar-refractivity contribution >= 4 is 17.9 Å². The molecule has 0 spiro atoms. The maximum atomic E-state index is 2.37. The lowest BCUT2D eigenvalue weighted by Crippen LogP contribution is -2.30. The van der Waals surface area contributed by atoms with E-state index in [9.17, 15) is 0 Å². The zero-order chi connectivity index (χ0) is 13.0. The molecular weight excluding hydrogens is 235 g/mol. The van der Waals surface area contributed by atoms with E-state index < -0.39 is 7.26 Å². The maximum Gasteiger partial charge on any atom is 0.0994 e. The quantitative estimate of drug-likeness (QED) is 0.724. The molecule has 0 saturated heterocycles. The molecule has 2 rings (SSSR count). The van der Waals surface area contributed by atoms with Gasteiger partial charge in [-0.1, -0.05) is 36.4 Å². The van der Waals surface area contributed by atoms with E-state index in [1.165, 1.54) is 16.8 Å². The zero-order valence-electron chi connectivity index (χ0n) is 11.5. The van der Waals surface area contributed by atoms with E-state index in [2.05, 4.69) is 81.4 Å². The minimum atomic E-state index is -1.25.